The highest BCUT2D eigenvalue weighted by Gasteiger charge is 2.27. The molecule has 0 amide bonds. The molecular formula is C14H22N2O. The van der Waals surface area contributed by atoms with E-state index in [1.54, 1.807) is 0 Å². The van der Waals surface area contributed by atoms with Crippen LogP contribution in [0.4, 0.5) is 11.4 Å². The number of nitrogen functional groups attached to an aromatic ring is 1. The van der Waals surface area contributed by atoms with E-state index in [-0.39, 0.29) is 6.10 Å². The van der Waals surface area contributed by atoms with Gasteiger partial charge in [-0.1, -0.05) is 25.5 Å². The molecule has 1 heterocycles. The van der Waals surface area contributed by atoms with Crippen LogP contribution in [0.15, 0.2) is 24.3 Å². The lowest BCUT2D eigenvalue weighted by atomic mass is 9.90. The van der Waals surface area contributed by atoms with Crippen LogP contribution in [0.5, 0.6) is 0 Å². The van der Waals surface area contributed by atoms with Crippen LogP contribution < -0.4 is 10.6 Å². The first-order chi connectivity index (χ1) is 8.22. The number of hydrogen-bond acceptors (Lipinski definition) is 3. The maximum absolute atomic E-state index is 9.98. The van der Waals surface area contributed by atoms with Crippen LogP contribution in [-0.2, 0) is 0 Å². The maximum Gasteiger partial charge on any atom is 0.0602 e. The van der Waals surface area contributed by atoms with Crippen molar-refractivity contribution in [1.29, 1.82) is 0 Å². The quantitative estimate of drug-likeness (QED) is 0.789. The van der Waals surface area contributed by atoms with E-state index in [0.717, 1.165) is 43.7 Å². The lowest BCUT2D eigenvalue weighted by Gasteiger charge is -2.38. The summed E-state index contributed by atoms with van der Waals surface area (Å²) < 4.78 is 0. The SMILES string of the molecule is CCC[C@H]1CN(c2ccccc2N)CC[C@@H]1O. The molecule has 1 fully saturated rings. The third kappa shape index (κ3) is 2.72. The predicted octanol–water partition coefficient (Wildman–Crippen LogP) is 2.26. The highest BCUT2D eigenvalue weighted by molar-refractivity contribution is 5.67. The standard InChI is InChI=1S/C14H22N2O/c1-2-5-11-10-16(9-8-14(11)17)13-7-4-3-6-12(13)15/h3-4,6-7,11,14,17H,2,5,8-10,15H2,1H3/t11-,14-/m0/s1. The summed E-state index contributed by atoms with van der Waals surface area (Å²) in [7, 11) is 0. The zero-order valence-corrected chi connectivity index (χ0v) is 10.5. The number of aliphatic hydroxyl groups is 1. The van der Waals surface area contributed by atoms with Crippen LogP contribution >= 0.6 is 0 Å². The van der Waals surface area contributed by atoms with E-state index in [1.165, 1.54) is 0 Å². The number of aliphatic hydroxyl groups excluding tert-OH is 1. The summed E-state index contributed by atoms with van der Waals surface area (Å²) in [5, 5.41) is 9.98. The summed E-state index contributed by atoms with van der Waals surface area (Å²) in [6.07, 6.45) is 2.92. The number of piperidine rings is 1. The monoisotopic (exact) mass is 234 g/mol. The van der Waals surface area contributed by atoms with Gasteiger partial charge in [-0.3, -0.25) is 0 Å². The summed E-state index contributed by atoms with van der Waals surface area (Å²) in [6.45, 7) is 3.99. The molecule has 1 aromatic carbocycles. The fourth-order valence-corrected chi connectivity index (χ4v) is 2.67. The zero-order valence-electron chi connectivity index (χ0n) is 10.5. The second-order valence-electron chi connectivity index (χ2n) is 4.91. The lowest BCUT2D eigenvalue weighted by molar-refractivity contribution is 0.0830. The smallest absolute Gasteiger partial charge is 0.0602 e. The van der Waals surface area contributed by atoms with E-state index >= 15 is 0 Å². The van der Waals surface area contributed by atoms with Crippen LogP contribution in [0.2, 0.25) is 0 Å². The van der Waals surface area contributed by atoms with Crippen molar-refractivity contribution in [2.24, 2.45) is 5.92 Å². The number of benzene rings is 1. The molecule has 2 rings (SSSR count). The molecule has 2 atom stereocenters. The molecule has 0 radical (unpaired) electrons. The van der Waals surface area contributed by atoms with Gasteiger partial charge in [0, 0.05) is 19.0 Å². The Kier molecular flexibility index (Phi) is 3.89. The van der Waals surface area contributed by atoms with Gasteiger partial charge in [0.25, 0.3) is 0 Å². The summed E-state index contributed by atoms with van der Waals surface area (Å²) in [5.41, 5.74) is 7.95. The van der Waals surface area contributed by atoms with Crippen molar-refractivity contribution in [2.75, 3.05) is 23.7 Å². The molecule has 94 valence electrons. The molecule has 1 saturated heterocycles. The summed E-state index contributed by atoms with van der Waals surface area (Å²) >= 11 is 0. The molecule has 3 nitrogen and oxygen atoms in total. The van der Waals surface area contributed by atoms with E-state index in [1.807, 2.05) is 18.2 Å². The van der Waals surface area contributed by atoms with Crippen molar-refractivity contribution in [2.45, 2.75) is 32.3 Å². The van der Waals surface area contributed by atoms with Gasteiger partial charge in [0.15, 0.2) is 0 Å². The average molecular weight is 234 g/mol. The molecule has 0 saturated carbocycles. The van der Waals surface area contributed by atoms with Crippen molar-refractivity contribution in [3.8, 4) is 0 Å². The second kappa shape index (κ2) is 5.41. The number of nitrogens with two attached hydrogens (primary N) is 1. The Labute approximate surface area is 103 Å². The Bertz CT molecular complexity index is 367. The Morgan fingerprint density at radius 2 is 2.18 bits per heavy atom. The van der Waals surface area contributed by atoms with Crippen LogP contribution in [0, 0.1) is 5.92 Å². The third-order valence-electron chi connectivity index (χ3n) is 3.63. The Morgan fingerprint density at radius 3 is 2.88 bits per heavy atom. The first-order valence-electron chi connectivity index (χ1n) is 6.50. The van der Waals surface area contributed by atoms with Gasteiger partial charge in [0.1, 0.15) is 0 Å². The van der Waals surface area contributed by atoms with Gasteiger partial charge >= 0.3 is 0 Å². The molecule has 17 heavy (non-hydrogen) atoms. The molecule has 1 aromatic rings. The summed E-state index contributed by atoms with van der Waals surface area (Å²) in [4.78, 5) is 2.31. The molecule has 3 heteroatoms. The van der Waals surface area contributed by atoms with Crippen molar-refractivity contribution in [3.05, 3.63) is 24.3 Å². The molecular weight excluding hydrogens is 212 g/mol. The number of hydrogen-bond donors (Lipinski definition) is 2. The van der Waals surface area contributed by atoms with E-state index < -0.39 is 0 Å². The molecule has 1 aliphatic heterocycles. The van der Waals surface area contributed by atoms with Crippen molar-refractivity contribution in [3.63, 3.8) is 0 Å². The normalized spacial score (nSPS) is 24.9. The molecule has 1 aliphatic rings. The highest BCUT2D eigenvalue weighted by atomic mass is 16.3. The van der Waals surface area contributed by atoms with Gasteiger partial charge in [-0.05, 0) is 25.0 Å². The number of rotatable bonds is 3. The third-order valence-corrected chi connectivity index (χ3v) is 3.63. The van der Waals surface area contributed by atoms with Gasteiger partial charge in [-0.25, -0.2) is 0 Å². The average Bonchev–Trinajstić information content (AvgIpc) is 2.33. The van der Waals surface area contributed by atoms with Crippen molar-refractivity contribution < 1.29 is 5.11 Å². The maximum atomic E-state index is 9.98. The lowest BCUT2D eigenvalue weighted by Crippen LogP contribution is -2.43. The summed E-state index contributed by atoms with van der Waals surface area (Å²) in [5.74, 6) is 0.383. The fourth-order valence-electron chi connectivity index (χ4n) is 2.67. The van der Waals surface area contributed by atoms with E-state index in [4.69, 9.17) is 5.73 Å². The number of para-hydroxylation sites is 2. The Balaban J connectivity index is 2.10. The molecule has 0 bridgehead atoms. The highest BCUT2D eigenvalue weighted by Crippen LogP contribution is 2.29. The molecule has 3 N–H and O–H groups in total. The molecule has 0 unspecified atom stereocenters. The Hall–Kier alpha value is -1.22. The van der Waals surface area contributed by atoms with Gasteiger partial charge in [0.2, 0.25) is 0 Å². The minimum Gasteiger partial charge on any atom is -0.397 e. The van der Waals surface area contributed by atoms with Crippen LogP contribution in [0.1, 0.15) is 26.2 Å². The second-order valence-corrected chi connectivity index (χ2v) is 4.91. The van der Waals surface area contributed by atoms with E-state index in [2.05, 4.69) is 17.9 Å². The van der Waals surface area contributed by atoms with Crippen molar-refractivity contribution >= 4 is 11.4 Å². The van der Waals surface area contributed by atoms with Gasteiger partial charge in [-0.2, -0.15) is 0 Å². The Morgan fingerprint density at radius 1 is 1.41 bits per heavy atom. The minimum atomic E-state index is -0.142. The fraction of sp³-hybridized carbons (Fsp3) is 0.571. The first-order valence-corrected chi connectivity index (χ1v) is 6.50. The van der Waals surface area contributed by atoms with Crippen LogP contribution in [-0.4, -0.2) is 24.3 Å². The van der Waals surface area contributed by atoms with Gasteiger partial charge in [0.05, 0.1) is 17.5 Å². The summed E-state index contributed by atoms with van der Waals surface area (Å²) in [6, 6.07) is 7.98. The molecule has 0 spiro atoms. The number of anilines is 2. The van der Waals surface area contributed by atoms with E-state index in [0.29, 0.717) is 5.92 Å². The first kappa shape index (κ1) is 12.2. The van der Waals surface area contributed by atoms with Gasteiger partial charge in [-0.15, -0.1) is 0 Å². The molecule has 0 aliphatic carbocycles. The van der Waals surface area contributed by atoms with Crippen molar-refractivity contribution in [1.82, 2.24) is 0 Å². The number of nitrogens with zero attached hydrogens (tertiary/aromatic N) is 1. The topological polar surface area (TPSA) is 49.5 Å². The largest absolute Gasteiger partial charge is 0.397 e. The minimum absolute atomic E-state index is 0.142. The molecule has 0 aromatic heterocycles. The van der Waals surface area contributed by atoms with Crippen LogP contribution in [0.25, 0.3) is 0 Å². The van der Waals surface area contributed by atoms with Crippen LogP contribution in [0.3, 0.4) is 0 Å². The zero-order chi connectivity index (χ0) is 12.3. The van der Waals surface area contributed by atoms with E-state index in [9.17, 15) is 5.11 Å². The predicted molar refractivity (Wildman–Crippen MR) is 72.1 cm³/mol. The van der Waals surface area contributed by atoms with Gasteiger partial charge < -0.3 is 15.7 Å².